The summed E-state index contributed by atoms with van der Waals surface area (Å²) < 4.78 is 0. The second-order valence-corrected chi connectivity index (χ2v) is 13.3. The molecule has 3 saturated carbocycles. The zero-order chi connectivity index (χ0) is 26.6. The van der Waals surface area contributed by atoms with Gasteiger partial charge in [-0.3, -0.25) is 9.59 Å². The second-order valence-electron chi connectivity index (χ2n) is 13.3. The van der Waals surface area contributed by atoms with Crippen LogP contribution in [-0.2, 0) is 9.59 Å². The van der Waals surface area contributed by atoms with Crippen molar-refractivity contribution in [3.63, 3.8) is 0 Å². The van der Waals surface area contributed by atoms with Crippen LogP contribution in [0.2, 0.25) is 0 Å². The predicted molar refractivity (Wildman–Crippen MR) is 144 cm³/mol. The van der Waals surface area contributed by atoms with Gasteiger partial charge in [-0.15, -0.1) is 0 Å². The van der Waals surface area contributed by atoms with Gasteiger partial charge in [0.25, 0.3) is 0 Å². The summed E-state index contributed by atoms with van der Waals surface area (Å²) in [6.45, 7) is 8.55. The number of nitrogens with zero attached hydrogens (tertiary/aromatic N) is 1. The normalized spacial score (nSPS) is 25.3. The fourth-order valence-electron chi connectivity index (χ4n) is 7.54. The van der Waals surface area contributed by atoms with Crippen molar-refractivity contribution in [2.45, 2.75) is 160 Å². The average molecular weight is 507 g/mol. The number of hydrogen-bond donors (Lipinski definition) is 3. The molecule has 0 spiro atoms. The highest BCUT2D eigenvalue weighted by molar-refractivity contribution is 6.04. The van der Waals surface area contributed by atoms with Crippen LogP contribution in [0.5, 0.6) is 0 Å². The molecule has 2 amide bonds. The highest BCUT2D eigenvalue weighted by Crippen LogP contribution is 2.46. The van der Waals surface area contributed by atoms with E-state index in [9.17, 15) is 19.8 Å². The minimum atomic E-state index is -1.24. The fraction of sp³-hybridized carbons (Fsp3) is 0.933. The number of aliphatic hydroxyl groups is 2. The standard InChI is InChI=1S/C30H54N2O4/c1-22(2)20-24(29(35)16-10-6-11-17-29)32(27(34)28(26(31)33)14-8-5-9-15-28)25(21-23(3)4)30(36)18-12-7-13-19-30/h22-25,35-36H,5-21H2,1-4H3,(H2,31,33)/t24-,25-/m1/s1. The molecule has 0 aliphatic heterocycles. The lowest BCUT2D eigenvalue weighted by Crippen LogP contribution is -2.68. The van der Waals surface area contributed by atoms with Crippen LogP contribution in [0, 0.1) is 17.3 Å². The van der Waals surface area contributed by atoms with E-state index in [1.54, 1.807) is 0 Å². The lowest BCUT2D eigenvalue weighted by molar-refractivity contribution is -0.180. The predicted octanol–water partition coefficient (Wildman–Crippen LogP) is 5.47. The van der Waals surface area contributed by atoms with Crippen molar-refractivity contribution in [2.24, 2.45) is 23.0 Å². The van der Waals surface area contributed by atoms with E-state index in [1.807, 2.05) is 4.90 Å². The van der Waals surface area contributed by atoms with Crippen LogP contribution >= 0.6 is 0 Å². The third-order valence-corrected chi connectivity index (χ3v) is 9.56. The molecule has 208 valence electrons. The van der Waals surface area contributed by atoms with Crippen LogP contribution in [-0.4, -0.2) is 50.2 Å². The third kappa shape index (κ3) is 6.28. The van der Waals surface area contributed by atoms with Crippen LogP contribution in [0.25, 0.3) is 0 Å². The Morgan fingerprint density at radius 2 is 1.00 bits per heavy atom. The van der Waals surface area contributed by atoms with Crippen LogP contribution < -0.4 is 5.73 Å². The van der Waals surface area contributed by atoms with Crippen LogP contribution in [0.1, 0.15) is 137 Å². The molecule has 3 aliphatic carbocycles. The maximum absolute atomic E-state index is 14.9. The lowest BCUT2D eigenvalue weighted by Gasteiger charge is -2.55. The first-order valence-corrected chi connectivity index (χ1v) is 15.0. The van der Waals surface area contributed by atoms with Crippen molar-refractivity contribution >= 4 is 11.8 Å². The molecule has 0 aromatic carbocycles. The lowest BCUT2D eigenvalue weighted by atomic mass is 9.68. The smallest absolute Gasteiger partial charge is 0.238 e. The number of primary amides is 1. The zero-order valence-corrected chi connectivity index (χ0v) is 23.6. The van der Waals surface area contributed by atoms with Crippen LogP contribution in [0.3, 0.4) is 0 Å². The molecule has 4 N–H and O–H groups in total. The summed E-state index contributed by atoms with van der Waals surface area (Å²) in [4.78, 5) is 29.8. The van der Waals surface area contributed by atoms with Gasteiger partial charge in [-0.25, -0.2) is 0 Å². The molecule has 36 heavy (non-hydrogen) atoms. The van der Waals surface area contributed by atoms with E-state index in [0.29, 0.717) is 51.4 Å². The van der Waals surface area contributed by atoms with Crippen LogP contribution in [0.4, 0.5) is 0 Å². The number of carbonyl (C=O) groups is 2. The largest absolute Gasteiger partial charge is 0.388 e. The maximum atomic E-state index is 14.9. The summed E-state index contributed by atoms with van der Waals surface area (Å²) in [5, 5.41) is 24.4. The molecule has 3 aliphatic rings. The van der Waals surface area contributed by atoms with Crippen molar-refractivity contribution in [2.75, 3.05) is 0 Å². The molecule has 6 nitrogen and oxygen atoms in total. The maximum Gasteiger partial charge on any atom is 0.238 e. The summed E-state index contributed by atoms with van der Waals surface area (Å²) in [6.07, 6.45) is 13.4. The molecule has 3 fully saturated rings. The van der Waals surface area contributed by atoms with Crippen molar-refractivity contribution in [1.82, 2.24) is 4.90 Å². The Hall–Kier alpha value is -1.14. The molecule has 0 unspecified atom stereocenters. The minimum absolute atomic E-state index is 0.219. The monoisotopic (exact) mass is 506 g/mol. The molecule has 0 saturated heterocycles. The Balaban J connectivity index is 2.19. The van der Waals surface area contributed by atoms with Gasteiger partial charge < -0.3 is 20.8 Å². The van der Waals surface area contributed by atoms with Crippen molar-refractivity contribution < 1.29 is 19.8 Å². The van der Waals surface area contributed by atoms with Gasteiger partial charge in [0.15, 0.2) is 0 Å². The number of rotatable bonds is 10. The van der Waals surface area contributed by atoms with E-state index in [-0.39, 0.29) is 17.7 Å². The van der Waals surface area contributed by atoms with E-state index in [4.69, 9.17) is 5.73 Å². The molecule has 3 rings (SSSR count). The van der Waals surface area contributed by atoms with Gasteiger partial charge >= 0.3 is 0 Å². The number of amides is 2. The number of carbonyl (C=O) groups excluding carboxylic acids is 2. The molecular weight excluding hydrogens is 452 g/mol. The van der Waals surface area contributed by atoms with Gasteiger partial charge in [0.05, 0.1) is 23.3 Å². The van der Waals surface area contributed by atoms with Gasteiger partial charge in [0, 0.05) is 0 Å². The molecule has 0 heterocycles. The topological polar surface area (TPSA) is 104 Å². The SMILES string of the molecule is CC(C)C[C@@H](N(C(=O)C1(C(N)=O)CCCCC1)[C@H](CC(C)C)C1(O)CCCCC1)C1(O)CCCCC1. The first kappa shape index (κ1) is 29.4. The molecule has 0 radical (unpaired) electrons. The molecule has 0 aromatic rings. The molecular formula is C30H54N2O4. The van der Waals surface area contributed by atoms with Gasteiger partial charge in [-0.1, -0.05) is 85.5 Å². The summed E-state index contributed by atoms with van der Waals surface area (Å²) >= 11 is 0. The third-order valence-electron chi connectivity index (χ3n) is 9.56. The van der Waals surface area contributed by atoms with E-state index < -0.39 is 34.6 Å². The quantitative estimate of drug-likeness (QED) is 0.342. The Labute approximate surface area is 219 Å². The van der Waals surface area contributed by atoms with E-state index in [2.05, 4.69) is 27.7 Å². The summed E-state index contributed by atoms with van der Waals surface area (Å²) in [7, 11) is 0. The molecule has 6 heteroatoms. The molecule has 0 aromatic heterocycles. The Kier molecular flexibility index (Phi) is 9.93. The van der Waals surface area contributed by atoms with Crippen LogP contribution in [0.15, 0.2) is 0 Å². The Morgan fingerprint density at radius 1 is 0.667 bits per heavy atom. The van der Waals surface area contributed by atoms with Crippen molar-refractivity contribution in [1.29, 1.82) is 0 Å². The molecule has 0 bridgehead atoms. The first-order chi connectivity index (χ1) is 17.0. The second kappa shape index (κ2) is 12.1. The number of hydrogen-bond acceptors (Lipinski definition) is 4. The fourth-order valence-corrected chi connectivity index (χ4v) is 7.54. The van der Waals surface area contributed by atoms with E-state index in [0.717, 1.165) is 57.8 Å². The molecule has 2 atom stereocenters. The highest BCUT2D eigenvalue weighted by atomic mass is 16.3. The highest BCUT2D eigenvalue weighted by Gasteiger charge is 2.56. The van der Waals surface area contributed by atoms with E-state index >= 15 is 0 Å². The summed E-state index contributed by atoms with van der Waals surface area (Å²) in [5.74, 6) is -0.236. The average Bonchev–Trinajstić information content (AvgIpc) is 2.83. The Bertz CT molecular complexity index is 693. The zero-order valence-electron chi connectivity index (χ0n) is 23.6. The van der Waals surface area contributed by atoms with Gasteiger partial charge in [0.2, 0.25) is 11.8 Å². The summed E-state index contributed by atoms with van der Waals surface area (Å²) in [5.41, 5.74) is 2.80. The minimum Gasteiger partial charge on any atom is -0.388 e. The Morgan fingerprint density at radius 3 is 1.31 bits per heavy atom. The van der Waals surface area contributed by atoms with E-state index in [1.165, 1.54) is 0 Å². The van der Waals surface area contributed by atoms with Gasteiger partial charge in [-0.05, 0) is 63.2 Å². The van der Waals surface area contributed by atoms with Gasteiger partial charge in [-0.2, -0.15) is 0 Å². The van der Waals surface area contributed by atoms with Crippen molar-refractivity contribution in [3.8, 4) is 0 Å². The first-order valence-electron chi connectivity index (χ1n) is 15.0. The summed E-state index contributed by atoms with van der Waals surface area (Å²) in [6, 6.07) is -0.865. The van der Waals surface area contributed by atoms with Gasteiger partial charge in [0.1, 0.15) is 5.41 Å². The van der Waals surface area contributed by atoms with Crippen molar-refractivity contribution in [3.05, 3.63) is 0 Å². The number of nitrogens with two attached hydrogens (primary N) is 1.